The number of carbonyl (C=O) groups is 1. The second-order valence-electron chi connectivity index (χ2n) is 11.9. The Labute approximate surface area is 257 Å². The lowest BCUT2D eigenvalue weighted by Crippen LogP contribution is -2.47. The maximum absolute atomic E-state index is 12.7. The van der Waals surface area contributed by atoms with Crippen LogP contribution in [0.2, 0.25) is 0 Å². The van der Waals surface area contributed by atoms with E-state index >= 15 is 0 Å². The second kappa shape index (κ2) is 29.2. The summed E-state index contributed by atoms with van der Waals surface area (Å²) in [5, 5.41) is 23.9. The third-order valence-electron chi connectivity index (χ3n) is 7.77. The highest BCUT2D eigenvalue weighted by molar-refractivity contribution is 7.47. The van der Waals surface area contributed by atoms with Crippen LogP contribution in [-0.2, 0) is 18.4 Å². The van der Waals surface area contributed by atoms with Gasteiger partial charge in [-0.25, -0.2) is 4.57 Å². The molecule has 9 nitrogen and oxygen atoms in total. The minimum Gasteiger partial charge on any atom is -0.393 e. The number of phosphoric ester groups is 1. The molecule has 0 aromatic heterocycles. The number of nitrogens with two attached hydrogens (primary N) is 1. The van der Waals surface area contributed by atoms with Gasteiger partial charge in [-0.2, -0.15) is 0 Å². The molecule has 42 heavy (non-hydrogen) atoms. The summed E-state index contributed by atoms with van der Waals surface area (Å²) in [6, 6.07) is -0.886. The van der Waals surface area contributed by atoms with E-state index in [2.05, 4.69) is 19.2 Å². The molecule has 0 bridgehead atoms. The van der Waals surface area contributed by atoms with E-state index in [0.29, 0.717) is 12.8 Å². The van der Waals surface area contributed by atoms with E-state index < -0.39 is 32.0 Å². The summed E-state index contributed by atoms with van der Waals surface area (Å²) in [5.41, 5.74) is 5.32. The van der Waals surface area contributed by atoms with E-state index in [1.165, 1.54) is 89.9 Å². The van der Waals surface area contributed by atoms with E-state index in [1.54, 1.807) is 0 Å². The molecule has 1 amide bonds. The molecule has 0 aromatic carbocycles. The van der Waals surface area contributed by atoms with Gasteiger partial charge in [0.2, 0.25) is 5.91 Å². The van der Waals surface area contributed by atoms with Crippen molar-refractivity contribution in [3.05, 3.63) is 0 Å². The number of aliphatic hydroxyl groups is 2. The summed E-state index contributed by atoms with van der Waals surface area (Å²) in [4.78, 5) is 22.5. The fourth-order valence-electron chi connectivity index (χ4n) is 5.12. The Morgan fingerprint density at radius 3 is 1.60 bits per heavy atom. The molecule has 0 fully saturated rings. The molecule has 0 aliphatic rings. The molecule has 4 atom stereocenters. The van der Waals surface area contributed by atoms with Gasteiger partial charge in [0, 0.05) is 6.54 Å². The minimum atomic E-state index is -4.35. The molecule has 0 rings (SSSR count). The Bertz CT molecular complexity index is 656. The van der Waals surface area contributed by atoms with Gasteiger partial charge in [-0.1, -0.05) is 142 Å². The predicted molar refractivity (Wildman–Crippen MR) is 172 cm³/mol. The number of nitrogens with one attached hydrogen (secondary N) is 1. The van der Waals surface area contributed by atoms with Gasteiger partial charge in [-0.3, -0.25) is 13.8 Å². The molecule has 0 aliphatic carbocycles. The number of aliphatic hydroxyl groups excluding tert-OH is 2. The van der Waals surface area contributed by atoms with E-state index in [0.717, 1.165) is 38.5 Å². The van der Waals surface area contributed by atoms with Gasteiger partial charge >= 0.3 is 7.82 Å². The van der Waals surface area contributed by atoms with Crippen molar-refractivity contribution in [2.24, 2.45) is 5.73 Å². The zero-order chi connectivity index (χ0) is 31.3. The Morgan fingerprint density at radius 1 is 0.714 bits per heavy atom. The summed E-state index contributed by atoms with van der Waals surface area (Å²) < 4.78 is 21.9. The maximum atomic E-state index is 12.7. The first-order chi connectivity index (χ1) is 20.3. The van der Waals surface area contributed by atoms with Crippen molar-refractivity contribution in [1.82, 2.24) is 5.32 Å². The first-order valence-electron chi connectivity index (χ1n) is 17.2. The van der Waals surface area contributed by atoms with Crippen LogP contribution in [0.15, 0.2) is 0 Å². The summed E-state index contributed by atoms with van der Waals surface area (Å²) in [7, 11) is -4.35. The van der Waals surface area contributed by atoms with Gasteiger partial charge < -0.3 is 26.2 Å². The molecule has 0 radical (unpaired) electrons. The normalized spacial score (nSPS) is 15.3. The van der Waals surface area contributed by atoms with Crippen LogP contribution in [0.1, 0.15) is 162 Å². The molecule has 0 aromatic rings. The Morgan fingerprint density at radius 2 is 1.14 bits per heavy atom. The lowest BCUT2D eigenvalue weighted by atomic mass is 10.0. The third kappa shape index (κ3) is 27.0. The van der Waals surface area contributed by atoms with Crippen molar-refractivity contribution >= 4 is 13.7 Å². The van der Waals surface area contributed by atoms with Crippen molar-refractivity contribution in [1.29, 1.82) is 0 Å². The van der Waals surface area contributed by atoms with Crippen molar-refractivity contribution in [2.75, 3.05) is 19.8 Å². The molecule has 0 heterocycles. The number of hydrogen-bond acceptors (Lipinski definition) is 7. The monoisotopic (exact) mass is 622 g/mol. The molecule has 4 unspecified atom stereocenters. The van der Waals surface area contributed by atoms with E-state index in [-0.39, 0.29) is 26.2 Å². The number of unbranched alkanes of at least 4 members (excludes halogenated alkanes) is 18. The molecule has 252 valence electrons. The summed E-state index contributed by atoms with van der Waals surface area (Å²) in [5.74, 6) is -0.416. The Balaban J connectivity index is 4.38. The predicted octanol–water partition coefficient (Wildman–Crippen LogP) is 7.30. The van der Waals surface area contributed by atoms with Crippen molar-refractivity contribution in [3.8, 4) is 0 Å². The number of hydrogen-bond donors (Lipinski definition) is 5. The SMILES string of the molecule is CCCCCCCCCCCCCCC(O)CC(=O)NC(COP(=O)(O)OCCN)C(O)CCCCCCCCCC. The highest BCUT2D eigenvalue weighted by Gasteiger charge is 2.28. The maximum Gasteiger partial charge on any atom is 0.472 e. The van der Waals surface area contributed by atoms with Crippen LogP contribution in [0.3, 0.4) is 0 Å². The largest absolute Gasteiger partial charge is 0.472 e. The van der Waals surface area contributed by atoms with Crippen LogP contribution in [0, 0.1) is 0 Å². The van der Waals surface area contributed by atoms with Crippen LogP contribution < -0.4 is 11.1 Å². The quantitative estimate of drug-likeness (QED) is 0.0387. The van der Waals surface area contributed by atoms with Crippen LogP contribution in [-0.4, -0.2) is 59.0 Å². The van der Waals surface area contributed by atoms with Gasteiger partial charge in [-0.05, 0) is 12.8 Å². The molecule has 0 saturated heterocycles. The van der Waals surface area contributed by atoms with Crippen LogP contribution in [0.4, 0.5) is 0 Å². The first-order valence-corrected chi connectivity index (χ1v) is 18.7. The van der Waals surface area contributed by atoms with Crippen LogP contribution in [0.5, 0.6) is 0 Å². The fourth-order valence-corrected chi connectivity index (χ4v) is 5.88. The van der Waals surface area contributed by atoms with Gasteiger partial charge in [0.05, 0.1) is 37.9 Å². The standard InChI is InChI=1S/C32H67N2O7P/c1-3-5-7-9-11-13-14-15-16-17-19-21-23-29(35)27-32(37)34-30(28-41-42(38,39)40-26-25-33)31(36)24-22-20-18-12-10-8-6-4-2/h29-31,35-36H,3-28,33H2,1-2H3,(H,34,37)(H,38,39). The summed E-state index contributed by atoms with van der Waals surface area (Å²) in [6.07, 6.45) is 23.0. The molecule has 0 spiro atoms. The van der Waals surface area contributed by atoms with Gasteiger partial charge in [0.15, 0.2) is 0 Å². The average molecular weight is 623 g/mol. The zero-order valence-electron chi connectivity index (χ0n) is 27.1. The van der Waals surface area contributed by atoms with Crippen LogP contribution in [0.25, 0.3) is 0 Å². The zero-order valence-corrected chi connectivity index (χ0v) is 28.0. The van der Waals surface area contributed by atoms with Gasteiger partial charge in [0.25, 0.3) is 0 Å². The first kappa shape index (κ1) is 41.5. The highest BCUT2D eigenvalue weighted by Crippen LogP contribution is 2.43. The molecule has 0 saturated carbocycles. The van der Waals surface area contributed by atoms with Crippen molar-refractivity contribution < 1.29 is 33.5 Å². The van der Waals surface area contributed by atoms with Crippen LogP contribution >= 0.6 is 7.82 Å². The number of amides is 1. The second-order valence-corrected chi connectivity index (χ2v) is 13.4. The summed E-state index contributed by atoms with van der Waals surface area (Å²) in [6.45, 7) is 3.98. The molecule has 10 heteroatoms. The topological polar surface area (TPSA) is 151 Å². The fraction of sp³-hybridized carbons (Fsp3) is 0.969. The lowest BCUT2D eigenvalue weighted by molar-refractivity contribution is -0.125. The number of carbonyl (C=O) groups excluding carboxylic acids is 1. The average Bonchev–Trinajstić information content (AvgIpc) is 2.96. The molecular formula is C32H67N2O7P. The number of rotatable bonds is 32. The highest BCUT2D eigenvalue weighted by atomic mass is 31.2. The smallest absolute Gasteiger partial charge is 0.393 e. The van der Waals surface area contributed by atoms with E-state index in [4.69, 9.17) is 14.8 Å². The Hall–Kier alpha value is -0.540. The molecule has 0 aliphatic heterocycles. The van der Waals surface area contributed by atoms with Gasteiger partial charge in [0.1, 0.15) is 0 Å². The molecule has 6 N–H and O–H groups in total. The summed E-state index contributed by atoms with van der Waals surface area (Å²) >= 11 is 0. The Kier molecular flexibility index (Phi) is 28.8. The minimum absolute atomic E-state index is 0.0617. The lowest BCUT2D eigenvalue weighted by Gasteiger charge is -2.25. The van der Waals surface area contributed by atoms with Gasteiger partial charge in [-0.15, -0.1) is 0 Å². The van der Waals surface area contributed by atoms with Crippen molar-refractivity contribution in [3.63, 3.8) is 0 Å². The number of phosphoric acid groups is 1. The van der Waals surface area contributed by atoms with Crippen molar-refractivity contribution in [2.45, 2.75) is 180 Å². The van der Waals surface area contributed by atoms with E-state index in [9.17, 15) is 24.5 Å². The molecular weight excluding hydrogens is 555 g/mol. The third-order valence-corrected chi connectivity index (χ3v) is 8.75. The van der Waals surface area contributed by atoms with E-state index in [1.807, 2.05) is 0 Å².